The lowest BCUT2D eigenvalue weighted by molar-refractivity contribution is -0.137. The van der Waals surface area contributed by atoms with Crippen LogP contribution in [0.5, 0.6) is 0 Å². The van der Waals surface area contributed by atoms with Crippen LogP contribution in [0.15, 0.2) is 42.5 Å². The Balaban J connectivity index is 2.05. The second-order valence-electron chi connectivity index (χ2n) is 7.19. The predicted molar refractivity (Wildman–Crippen MR) is 95.0 cm³/mol. The van der Waals surface area contributed by atoms with Crippen LogP contribution in [0.2, 0.25) is 0 Å². The zero-order chi connectivity index (χ0) is 18.2. The molecular weight excluding hydrogens is 323 g/mol. The van der Waals surface area contributed by atoms with Crippen LogP contribution in [0.25, 0.3) is 0 Å². The summed E-state index contributed by atoms with van der Waals surface area (Å²) in [7, 11) is 4.04. The minimum atomic E-state index is -4.30. The standard InChI is InChI=1S/C21H24F3N/c1-14-16-7-4-5-8-18(16)19(9-6-12-25(2)3)20-13-15(21(22,23)24)10-11-17(14)20/h4-5,7-8,10-11,13-14,19H,6,9,12H2,1-3H3/t14-,19-/m0/s1. The van der Waals surface area contributed by atoms with Crippen molar-refractivity contribution in [3.8, 4) is 0 Å². The molecule has 0 saturated carbocycles. The quantitative estimate of drug-likeness (QED) is 0.691. The Bertz CT molecular complexity index is 749. The maximum absolute atomic E-state index is 13.2. The van der Waals surface area contributed by atoms with Crippen molar-refractivity contribution < 1.29 is 13.2 Å². The Morgan fingerprint density at radius 1 is 0.920 bits per heavy atom. The molecule has 1 nitrogen and oxygen atoms in total. The van der Waals surface area contributed by atoms with E-state index in [1.165, 1.54) is 23.3 Å². The molecule has 0 aliphatic heterocycles. The molecule has 0 fully saturated rings. The van der Waals surface area contributed by atoms with E-state index < -0.39 is 11.7 Å². The van der Waals surface area contributed by atoms with Crippen LogP contribution in [0, 0.1) is 0 Å². The monoisotopic (exact) mass is 347 g/mol. The second kappa shape index (κ2) is 6.83. The number of hydrogen-bond acceptors (Lipinski definition) is 1. The molecule has 0 aromatic heterocycles. The number of hydrogen-bond donors (Lipinski definition) is 0. The van der Waals surface area contributed by atoms with E-state index in [-0.39, 0.29) is 11.8 Å². The van der Waals surface area contributed by atoms with Crippen LogP contribution in [-0.4, -0.2) is 25.5 Å². The van der Waals surface area contributed by atoms with Gasteiger partial charge in [-0.25, -0.2) is 0 Å². The highest BCUT2D eigenvalue weighted by Crippen LogP contribution is 2.46. The molecule has 2 aromatic rings. The predicted octanol–water partition coefficient (Wildman–Crippen LogP) is 5.64. The van der Waals surface area contributed by atoms with Gasteiger partial charge in [-0.05, 0) is 67.9 Å². The molecule has 0 spiro atoms. The maximum atomic E-state index is 13.2. The van der Waals surface area contributed by atoms with Crippen molar-refractivity contribution >= 4 is 0 Å². The molecule has 25 heavy (non-hydrogen) atoms. The van der Waals surface area contributed by atoms with Crippen LogP contribution in [-0.2, 0) is 6.18 Å². The number of halogens is 3. The smallest absolute Gasteiger partial charge is 0.309 e. The zero-order valence-electron chi connectivity index (χ0n) is 14.9. The van der Waals surface area contributed by atoms with Crippen molar-refractivity contribution in [3.63, 3.8) is 0 Å². The van der Waals surface area contributed by atoms with Crippen LogP contribution >= 0.6 is 0 Å². The third-order valence-electron chi connectivity index (χ3n) is 5.19. The molecule has 0 bridgehead atoms. The lowest BCUT2D eigenvalue weighted by atomic mass is 9.71. The summed E-state index contributed by atoms with van der Waals surface area (Å²) in [5, 5.41) is 0. The lowest BCUT2D eigenvalue weighted by Crippen LogP contribution is -2.20. The van der Waals surface area contributed by atoms with E-state index in [1.54, 1.807) is 6.07 Å². The molecule has 3 rings (SSSR count). The molecule has 2 atom stereocenters. The lowest BCUT2D eigenvalue weighted by Gasteiger charge is -2.33. The highest BCUT2D eigenvalue weighted by Gasteiger charge is 2.35. The van der Waals surface area contributed by atoms with Crippen molar-refractivity contribution in [3.05, 3.63) is 70.3 Å². The first kappa shape index (κ1) is 18.0. The number of benzene rings is 2. The average molecular weight is 347 g/mol. The average Bonchev–Trinajstić information content (AvgIpc) is 2.56. The van der Waals surface area contributed by atoms with Gasteiger partial charge in [0, 0.05) is 11.8 Å². The topological polar surface area (TPSA) is 3.24 Å². The first-order valence-corrected chi connectivity index (χ1v) is 8.73. The summed E-state index contributed by atoms with van der Waals surface area (Å²) in [4.78, 5) is 2.12. The Morgan fingerprint density at radius 3 is 2.20 bits per heavy atom. The normalized spacial score (nSPS) is 19.6. The van der Waals surface area contributed by atoms with Crippen LogP contribution in [0.1, 0.15) is 59.4 Å². The highest BCUT2D eigenvalue weighted by atomic mass is 19.4. The van der Waals surface area contributed by atoms with Crippen LogP contribution < -0.4 is 0 Å². The molecule has 1 aliphatic carbocycles. The van der Waals surface area contributed by atoms with Crippen molar-refractivity contribution in [1.29, 1.82) is 0 Å². The molecular formula is C21H24F3N. The molecule has 0 heterocycles. The van der Waals surface area contributed by atoms with Gasteiger partial charge in [0.15, 0.2) is 0 Å². The summed E-state index contributed by atoms with van der Waals surface area (Å²) in [6.07, 6.45) is -2.49. The van der Waals surface area contributed by atoms with E-state index >= 15 is 0 Å². The third-order valence-corrected chi connectivity index (χ3v) is 5.19. The maximum Gasteiger partial charge on any atom is 0.416 e. The fourth-order valence-corrected chi connectivity index (χ4v) is 3.93. The second-order valence-corrected chi connectivity index (χ2v) is 7.19. The minimum Gasteiger partial charge on any atom is -0.309 e. The van der Waals surface area contributed by atoms with Gasteiger partial charge < -0.3 is 4.90 Å². The van der Waals surface area contributed by atoms with Crippen molar-refractivity contribution in [2.45, 2.75) is 37.8 Å². The van der Waals surface area contributed by atoms with Gasteiger partial charge in [-0.2, -0.15) is 13.2 Å². The first-order valence-electron chi connectivity index (χ1n) is 8.73. The Hall–Kier alpha value is -1.81. The number of alkyl halides is 3. The van der Waals surface area contributed by atoms with Gasteiger partial charge in [-0.3, -0.25) is 0 Å². The third kappa shape index (κ3) is 3.59. The van der Waals surface area contributed by atoms with Gasteiger partial charge in [0.05, 0.1) is 5.56 Å². The van der Waals surface area contributed by atoms with Gasteiger partial charge >= 0.3 is 6.18 Å². The number of nitrogens with zero attached hydrogens (tertiary/aromatic N) is 1. The fraction of sp³-hybridized carbons (Fsp3) is 0.429. The minimum absolute atomic E-state index is 0.0321. The Morgan fingerprint density at radius 2 is 1.56 bits per heavy atom. The van der Waals surface area contributed by atoms with Crippen LogP contribution in [0.4, 0.5) is 13.2 Å². The molecule has 0 unspecified atom stereocenters. The fourth-order valence-electron chi connectivity index (χ4n) is 3.93. The largest absolute Gasteiger partial charge is 0.416 e. The van der Waals surface area contributed by atoms with Gasteiger partial charge in [0.25, 0.3) is 0 Å². The molecule has 1 aliphatic rings. The summed E-state index contributed by atoms with van der Waals surface area (Å²) < 4.78 is 39.7. The van der Waals surface area contributed by atoms with Gasteiger partial charge in [-0.1, -0.05) is 37.3 Å². The van der Waals surface area contributed by atoms with E-state index in [0.29, 0.717) is 0 Å². The van der Waals surface area contributed by atoms with Crippen LogP contribution in [0.3, 0.4) is 0 Å². The van der Waals surface area contributed by atoms with E-state index in [2.05, 4.69) is 24.0 Å². The highest BCUT2D eigenvalue weighted by molar-refractivity contribution is 5.53. The SMILES string of the molecule is C[C@H]1c2ccccc2[C@H](CCCN(C)C)c2cc(C(F)(F)F)ccc21. The number of fused-ring (bicyclic) bond motifs is 2. The van der Waals surface area contributed by atoms with Crippen molar-refractivity contribution in [2.24, 2.45) is 0 Å². The first-order chi connectivity index (χ1) is 11.8. The van der Waals surface area contributed by atoms with Crippen molar-refractivity contribution in [2.75, 3.05) is 20.6 Å². The summed E-state index contributed by atoms with van der Waals surface area (Å²) >= 11 is 0. The molecule has 134 valence electrons. The molecule has 0 saturated heterocycles. The summed E-state index contributed by atoms with van der Waals surface area (Å²) in [5.74, 6) is 0.156. The summed E-state index contributed by atoms with van der Waals surface area (Å²) in [5.41, 5.74) is 3.75. The molecule has 0 radical (unpaired) electrons. The van der Waals surface area contributed by atoms with E-state index in [0.717, 1.165) is 30.5 Å². The van der Waals surface area contributed by atoms with Gasteiger partial charge in [0.2, 0.25) is 0 Å². The molecule has 4 heteroatoms. The van der Waals surface area contributed by atoms with Crippen molar-refractivity contribution in [1.82, 2.24) is 4.90 Å². The molecule has 0 amide bonds. The van der Waals surface area contributed by atoms with Gasteiger partial charge in [-0.15, -0.1) is 0 Å². The Labute approximate surface area is 147 Å². The molecule has 2 aromatic carbocycles. The summed E-state index contributed by atoms with van der Waals surface area (Å²) in [6.45, 7) is 3.02. The Kier molecular flexibility index (Phi) is 4.92. The van der Waals surface area contributed by atoms with Gasteiger partial charge in [0.1, 0.15) is 0 Å². The van der Waals surface area contributed by atoms with E-state index in [4.69, 9.17) is 0 Å². The van der Waals surface area contributed by atoms with E-state index in [1.807, 2.05) is 26.2 Å². The van der Waals surface area contributed by atoms with E-state index in [9.17, 15) is 13.2 Å². The molecule has 0 N–H and O–H groups in total. The number of rotatable bonds is 4. The summed E-state index contributed by atoms with van der Waals surface area (Å²) in [6, 6.07) is 12.5. The zero-order valence-corrected chi connectivity index (χ0v) is 14.9.